The second-order valence-electron chi connectivity index (χ2n) is 5.53. The highest BCUT2D eigenvalue weighted by molar-refractivity contribution is 9.10. The normalized spacial score (nSPS) is 12.8. The molecule has 1 unspecified atom stereocenters. The summed E-state index contributed by atoms with van der Waals surface area (Å²) < 4.78 is 1.03. The number of aromatic nitrogens is 2. The summed E-state index contributed by atoms with van der Waals surface area (Å²) in [5.74, 6) is 2.90. The van der Waals surface area contributed by atoms with Crippen molar-refractivity contribution < 1.29 is 0 Å². The van der Waals surface area contributed by atoms with Crippen molar-refractivity contribution in [3.05, 3.63) is 16.0 Å². The van der Waals surface area contributed by atoms with Gasteiger partial charge in [0.2, 0.25) is 0 Å². The molecule has 3 nitrogen and oxygen atoms in total. The van der Waals surface area contributed by atoms with Gasteiger partial charge in [-0.15, -0.1) is 0 Å². The van der Waals surface area contributed by atoms with Crippen molar-refractivity contribution in [1.82, 2.24) is 9.97 Å². The number of nitrogens with one attached hydrogen (secondary N) is 1. The quantitative estimate of drug-likeness (QED) is 0.783. The second kappa shape index (κ2) is 7.83. The molecule has 1 N–H and O–H groups in total. The van der Waals surface area contributed by atoms with Crippen molar-refractivity contribution >= 4 is 21.7 Å². The zero-order valence-electron chi connectivity index (χ0n) is 12.8. The summed E-state index contributed by atoms with van der Waals surface area (Å²) in [5.41, 5.74) is 1.12. The molecule has 0 aromatic carbocycles. The van der Waals surface area contributed by atoms with Gasteiger partial charge in [-0.2, -0.15) is 0 Å². The molecule has 1 aromatic rings. The van der Waals surface area contributed by atoms with Gasteiger partial charge in [0, 0.05) is 12.5 Å². The van der Waals surface area contributed by atoms with Crippen molar-refractivity contribution in [2.75, 3.05) is 11.9 Å². The molecule has 0 saturated heterocycles. The van der Waals surface area contributed by atoms with E-state index in [2.05, 4.69) is 60.8 Å². The van der Waals surface area contributed by atoms with Gasteiger partial charge >= 0.3 is 0 Å². The summed E-state index contributed by atoms with van der Waals surface area (Å²) >= 11 is 3.66. The molecule has 0 bridgehead atoms. The highest BCUT2D eigenvalue weighted by Gasteiger charge is 2.16. The van der Waals surface area contributed by atoms with Crippen LogP contribution in [0.25, 0.3) is 0 Å². The number of rotatable bonds is 7. The van der Waals surface area contributed by atoms with Gasteiger partial charge in [-0.3, -0.25) is 0 Å². The molecule has 0 saturated carbocycles. The summed E-state index contributed by atoms with van der Waals surface area (Å²) in [6.07, 6.45) is 3.14. The first-order valence-corrected chi connectivity index (χ1v) is 8.08. The lowest BCUT2D eigenvalue weighted by molar-refractivity contribution is 0.614. The highest BCUT2D eigenvalue weighted by atomic mass is 79.9. The fourth-order valence-corrected chi connectivity index (χ4v) is 2.28. The van der Waals surface area contributed by atoms with E-state index in [0.29, 0.717) is 11.8 Å². The minimum absolute atomic E-state index is 0.404. The number of halogens is 1. The van der Waals surface area contributed by atoms with Crippen molar-refractivity contribution in [3.63, 3.8) is 0 Å². The van der Waals surface area contributed by atoms with Crippen LogP contribution >= 0.6 is 15.9 Å². The van der Waals surface area contributed by atoms with E-state index in [-0.39, 0.29) is 0 Å². The molecular weight excluding hydrogens is 302 g/mol. The van der Waals surface area contributed by atoms with Crippen LogP contribution < -0.4 is 5.32 Å². The van der Waals surface area contributed by atoms with Gasteiger partial charge in [0.1, 0.15) is 11.6 Å². The Morgan fingerprint density at radius 3 is 2.37 bits per heavy atom. The Kier molecular flexibility index (Phi) is 6.76. The van der Waals surface area contributed by atoms with Crippen molar-refractivity contribution in [1.29, 1.82) is 0 Å². The Morgan fingerprint density at radius 1 is 1.16 bits per heavy atom. The molecule has 4 heteroatoms. The van der Waals surface area contributed by atoms with Crippen LogP contribution in [0.15, 0.2) is 4.47 Å². The predicted octanol–water partition coefficient (Wildman–Crippen LogP) is 4.77. The van der Waals surface area contributed by atoms with E-state index >= 15 is 0 Å². The average molecular weight is 328 g/mol. The van der Waals surface area contributed by atoms with E-state index in [4.69, 9.17) is 4.98 Å². The van der Waals surface area contributed by atoms with Crippen molar-refractivity contribution in [2.45, 2.75) is 59.8 Å². The minimum Gasteiger partial charge on any atom is -0.369 e. The number of anilines is 1. The van der Waals surface area contributed by atoms with Crippen LogP contribution in [-0.2, 0) is 6.42 Å². The lowest BCUT2D eigenvalue weighted by atomic mass is 10.1. The third kappa shape index (κ3) is 4.75. The van der Waals surface area contributed by atoms with Gasteiger partial charge in [-0.25, -0.2) is 9.97 Å². The van der Waals surface area contributed by atoms with Crippen LogP contribution in [0, 0.1) is 5.92 Å². The zero-order chi connectivity index (χ0) is 14.4. The van der Waals surface area contributed by atoms with E-state index in [0.717, 1.165) is 47.6 Å². The average Bonchev–Trinajstić information content (AvgIpc) is 2.38. The molecule has 108 valence electrons. The topological polar surface area (TPSA) is 37.8 Å². The first-order valence-electron chi connectivity index (χ1n) is 7.29. The molecule has 1 atom stereocenters. The molecule has 0 amide bonds. The van der Waals surface area contributed by atoms with Crippen LogP contribution in [0.1, 0.15) is 64.9 Å². The molecule has 0 fully saturated rings. The Morgan fingerprint density at radius 2 is 1.84 bits per heavy atom. The monoisotopic (exact) mass is 327 g/mol. The minimum atomic E-state index is 0.404. The molecule has 19 heavy (non-hydrogen) atoms. The fraction of sp³-hybridized carbons (Fsp3) is 0.733. The lowest BCUT2D eigenvalue weighted by Crippen LogP contribution is -2.12. The van der Waals surface area contributed by atoms with Gasteiger partial charge < -0.3 is 5.32 Å². The lowest BCUT2D eigenvalue weighted by Gasteiger charge is -2.16. The Hall–Kier alpha value is -0.640. The second-order valence-corrected chi connectivity index (χ2v) is 6.32. The van der Waals surface area contributed by atoms with E-state index in [1.807, 2.05) is 0 Å². The van der Waals surface area contributed by atoms with Gasteiger partial charge in [0.05, 0.1) is 10.2 Å². The third-order valence-electron chi connectivity index (χ3n) is 3.13. The summed E-state index contributed by atoms with van der Waals surface area (Å²) in [6, 6.07) is 0. The van der Waals surface area contributed by atoms with Crippen LogP contribution in [0.3, 0.4) is 0 Å². The van der Waals surface area contributed by atoms with E-state index in [9.17, 15) is 0 Å². The predicted molar refractivity (Wildman–Crippen MR) is 85.8 cm³/mol. The Bertz CT molecular complexity index is 405. The van der Waals surface area contributed by atoms with Crippen LogP contribution in [0.4, 0.5) is 5.82 Å². The number of hydrogen-bond acceptors (Lipinski definition) is 3. The maximum absolute atomic E-state index is 4.75. The molecule has 0 aliphatic heterocycles. The highest BCUT2D eigenvalue weighted by Crippen LogP contribution is 2.28. The SMILES string of the molecule is CCCNc1nc(C(C)CC)nc(CC(C)C)c1Br. The van der Waals surface area contributed by atoms with E-state index < -0.39 is 0 Å². The first-order chi connectivity index (χ1) is 8.99. The number of hydrogen-bond donors (Lipinski definition) is 1. The molecule has 0 radical (unpaired) electrons. The van der Waals surface area contributed by atoms with Crippen LogP contribution in [0.2, 0.25) is 0 Å². The zero-order valence-corrected chi connectivity index (χ0v) is 14.3. The number of nitrogens with zero attached hydrogens (tertiary/aromatic N) is 2. The smallest absolute Gasteiger partial charge is 0.144 e. The van der Waals surface area contributed by atoms with Crippen molar-refractivity contribution in [3.8, 4) is 0 Å². The van der Waals surface area contributed by atoms with E-state index in [1.54, 1.807) is 0 Å². The summed E-state index contributed by atoms with van der Waals surface area (Å²) in [5, 5.41) is 3.40. The van der Waals surface area contributed by atoms with E-state index in [1.165, 1.54) is 0 Å². The maximum atomic E-state index is 4.75. The molecule has 0 aliphatic rings. The summed E-state index contributed by atoms with van der Waals surface area (Å²) in [6.45, 7) is 11.9. The maximum Gasteiger partial charge on any atom is 0.144 e. The van der Waals surface area contributed by atoms with Gasteiger partial charge in [-0.05, 0) is 41.1 Å². The standard InChI is InChI=1S/C15H26BrN3/c1-6-8-17-15-13(16)12(9-10(3)4)18-14(19-15)11(5)7-2/h10-11H,6-9H2,1-5H3,(H,17,18,19). The van der Waals surface area contributed by atoms with Gasteiger partial charge in [0.15, 0.2) is 0 Å². The molecular formula is C15H26BrN3. The van der Waals surface area contributed by atoms with Gasteiger partial charge in [-0.1, -0.05) is 34.6 Å². The van der Waals surface area contributed by atoms with Crippen LogP contribution in [0.5, 0.6) is 0 Å². The van der Waals surface area contributed by atoms with Gasteiger partial charge in [0.25, 0.3) is 0 Å². The summed E-state index contributed by atoms with van der Waals surface area (Å²) in [4.78, 5) is 9.43. The molecule has 0 aliphatic carbocycles. The fourth-order valence-electron chi connectivity index (χ4n) is 1.80. The van der Waals surface area contributed by atoms with Crippen LogP contribution in [-0.4, -0.2) is 16.5 Å². The summed E-state index contributed by atoms with van der Waals surface area (Å²) in [7, 11) is 0. The Balaban J connectivity index is 3.13. The molecule has 1 aromatic heterocycles. The van der Waals surface area contributed by atoms with Crippen molar-refractivity contribution in [2.24, 2.45) is 5.92 Å². The Labute approximate surface area is 125 Å². The third-order valence-corrected chi connectivity index (χ3v) is 3.97. The first kappa shape index (κ1) is 16.4. The molecule has 1 rings (SSSR count). The largest absolute Gasteiger partial charge is 0.369 e. The molecule has 1 heterocycles. The molecule has 0 spiro atoms.